The Morgan fingerprint density at radius 2 is 2.05 bits per heavy atom. The van der Waals surface area contributed by atoms with Crippen LogP contribution in [-0.2, 0) is 0 Å². The van der Waals surface area contributed by atoms with Crippen molar-refractivity contribution in [2.75, 3.05) is 5.43 Å². The molecular formula is C13H11N3O3. The predicted octanol–water partition coefficient (Wildman–Crippen LogP) is 3.30. The normalized spacial score (nSPS) is 11.2. The van der Waals surface area contributed by atoms with Crippen LogP contribution in [0.15, 0.2) is 58.3 Å². The lowest BCUT2D eigenvalue weighted by Crippen LogP contribution is -1.90. The minimum absolute atomic E-state index is 0.0484. The Hall–Kier alpha value is -2.89. The first-order valence-corrected chi connectivity index (χ1v) is 5.49. The zero-order valence-electron chi connectivity index (χ0n) is 9.89. The molecule has 0 aliphatic rings. The second-order valence-corrected chi connectivity index (χ2v) is 3.57. The van der Waals surface area contributed by atoms with Gasteiger partial charge in [-0.15, -0.1) is 0 Å². The molecule has 0 aliphatic carbocycles. The van der Waals surface area contributed by atoms with Gasteiger partial charge in [0.15, 0.2) is 0 Å². The second-order valence-electron chi connectivity index (χ2n) is 3.57. The van der Waals surface area contributed by atoms with E-state index in [2.05, 4.69) is 10.5 Å². The molecule has 1 heterocycles. The monoisotopic (exact) mass is 257 g/mol. The first-order valence-electron chi connectivity index (χ1n) is 5.49. The maximum Gasteiger partial charge on any atom is 0.269 e. The van der Waals surface area contributed by atoms with Gasteiger partial charge in [-0.25, -0.2) is 0 Å². The lowest BCUT2D eigenvalue weighted by atomic mass is 10.3. The summed E-state index contributed by atoms with van der Waals surface area (Å²) in [6.45, 7) is 0. The number of benzene rings is 1. The van der Waals surface area contributed by atoms with E-state index < -0.39 is 4.92 Å². The molecular weight excluding hydrogens is 246 g/mol. The zero-order valence-corrected chi connectivity index (χ0v) is 9.89. The first-order chi connectivity index (χ1) is 9.25. The highest BCUT2D eigenvalue weighted by Gasteiger charge is 2.02. The van der Waals surface area contributed by atoms with Crippen LogP contribution in [0.4, 0.5) is 11.4 Å². The van der Waals surface area contributed by atoms with Gasteiger partial charge >= 0.3 is 0 Å². The molecule has 0 aliphatic heterocycles. The van der Waals surface area contributed by atoms with Crippen LogP contribution < -0.4 is 5.43 Å². The molecule has 6 heteroatoms. The summed E-state index contributed by atoms with van der Waals surface area (Å²) in [5.41, 5.74) is 3.48. The van der Waals surface area contributed by atoms with Crippen molar-refractivity contribution in [1.82, 2.24) is 0 Å². The molecule has 6 nitrogen and oxygen atoms in total. The van der Waals surface area contributed by atoms with Crippen LogP contribution in [-0.4, -0.2) is 11.1 Å². The number of nitrogens with zero attached hydrogens (tertiary/aromatic N) is 2. The highest BCUT2D eigenvalue weighted by Crippen LogP contribution is 2.15. The number of anilines is 1. The van der Waals surface area contributed by atoms with Gasteiger partial charge in [0.05, 0.1) is 16.9 Å². The number of hydrogen-bond acceptors (Lipinski definition) is 5. The van der Waals surface area contributed by atoms with Gasteiger partial charge in [-0.05, 0) is 36.4 Å². The third kappa shape index (κ3) is 3.81. The largest absolute Gasteiger partial charge is 0.465 e. The number of nitrogens with one attached hydrogen (secondary N) is 1. The van der Waals surface area contributed by atoms with Gasteiger partial charge in [-0.2, -0.15) is 5.10 Å². The van der Waals surface area contributed by atoms with E-state index in [0.29, 0.717) is 5.69 Å². The van der Waals surface area contributed by atoms with Crippen LogP contribution in [0.1, 0.15) is 5.76 Å². The quantitative estimate of drug-likeness (QED) is 0.506. The lowest BCUT2D eigenvalue weighted by Gasteiger charge is -1.97. The van der Waals surface area contributed by atoms with Crippen LogP contribution in [0.25, 0.3) is 6.08 Å². The van der Waals surface area contributed by atoms with E-state index >= 15 is 0 Å². The minimum Gasteiger partial charge on any atom is -0.465 e. The van der Waals surface area contributed by atoms with Gasteiger partial charge in [0.1, 0.15) is 5.76 Å². The molecule has 0 radical (unpaired) electrons. The molecule has 0 saturated carbocycles. The molecule has 1 N–H and O–H groups in total. The van der Waals surface area contributed by atoms with Crippen LogP contribution in [0.5, 0.6) is 0 Å². The number of rotatable bonds is 5. The van der Waals surface area contributed by atoms with Crippen LogP contribution in [0.2, 0.25) is 0 Å². The number of hydrazone groups is 1. The van der Waals surface area contributed by atoms with E-state index in [0.717, 1.165) is 5.76 Å². The number of furan rings is 1. The number of nitro benzene ring substituents is 1. The Bertz CT molecular complexity index is 586. The standard InChI is InChI=1S/C13H11N3O3/c17-16(18)12-7-5-11(6-8-12)15-14-9-1-3-13-4-2-10-19-13/h1-10,15H/b3-1+,14-9-. The molecule has 2 aromatic rings. The Labute approximate surface area is 109 Å². The summed E-state index contributed by atoms with van der Waals surface area (Å²) in [6.07, 6.45) is 6.63. The van der Waals surface area contributed by atoms with Crippen molar-refractivity contribution >= 4 is 23.7 Å². The third-order valence-corrected chi connectivity index (χ3v) is 2.24. The maximum absolute atomic E-state index is 10.5. The molecule has 1 aromatic heterocycles. The van der Waals surface area contributed by atoms with E-state index in [1.807, 2.05) is 6.07 Å². The number of nitro groups is 1. The van der Waals surface area contributed by atoms with E-state index in [-0.39, 0.29) is 5.69 Å². The Balaban J connectivity index is 1.86. The van der Waals surface area contributed by atoms with Crippen molar-refractivity contribution in [1.29, 1.82) is 0 Å². The predicted molar refractivity (Wildman–Crippen MR) is 73.0 cm³/mol. The Morgan fingerprint density at radius 1 is 1.26 bits per heavy atom. The molecule has 2 rings (SSSR count). The summed E-state index contributed by atoms with van der Waals surface area (Å²) in [5, 5.41) is 14.4. The third-order valence-electron chi connectivity index (χ3n) is 2.24. The van der Waals surface area contributed by atoms with Crippen molar-refractivity contribution in [3.8, 4) is 0 Å². The van der Waals surface area contributed by atoms with Gasteiger partial charge in [-0.3, -0.25) is 15.5 Å². The fourth-order valence-electron chi connectivity index (χ4n) is 1.34. The van der Waals surface area contributed by atoms with Crippen LogP contribution in [0, 0.1) is 10.1 Å². The SMILES string of the molecule is O=[N+]([O-])c1ccc(N/N=C\C=C\c2ccco2)cc1. The molecule has 0 bridgehead atoms. The minimum atomic E-state index is -0.445. The molecule has 0 saturated heterocycles. The van der Waals surface area contributed by atoms with Crippen molar-refractivity contribution in [3.63, 3.8) is 0 Å². The summed E-state index contributed by atoms with van der Waals surface area (Å²) >= 11 is 0. The number of non-ortho nitro benzene ring substituents is 1. The summed E-state index contributed by atoms with van der Waals surface area (Å²) in [5.74, 6) is 0.738. The van der Waals surface area contributed by atoms with Gasteiger partial charge in [-0.1, -0.05) is 0 Å². The highest BCUT2D eigenvalue weighted by atomic mass is 16.6. The van der Waals surface area contributed by atoms with E-state index in [4.69, 9.17) is 4.42 Å². The number of hydrogen-bond donors (Lipinski definition) is 1. The summed E-state index contributed by atoms with van der Waals surface area (Å²) in [7, 11) is 0. The van der Waals surface area contributed by atoms with Crippen molar-refractivity contribution in [2.24, 2.45) is 5.10 Å². The lowest BCUT2D eigenvalue weighted by molar-refractivity contribution is -0.384. The topological polar surface area (TPSA) is 80.7 Å². The second kappa shape index (κ2) is 6.15. The van der Waals surface area contributed by atoms with E-state index in [1.165, 1.54) is 12.1 Å². The summed E-state index contributed by atoms with van der Waals surface area (Å²) < 4.78 is 5.10. The Morgan fingerprint density at radius 3 is 2.68 bits per heavy atom. The van der Waals surface area contributed by atoms with E-state index in [9.17, 15) is 10.1 Å². The van der Waals surface area contributed by atoms with Crippen molar-refractivity contribution < 1.29 is 9.34 Å². The van der Waals surface area contributed by atoms with Crippen LogP contribution in [0.3, 0.4) is 0 Å². The summed E-state index contributed by atoms with van der Waals surface area (Å²) in [6, 6.07) is 9.63. The fraction of sp³-hybridized carbons (Fsp3) is 0. The molecule has 0 amide bonds. The molecule has 0 atom stereocenters. The molecule has 0 spiro atoms. The van der Waals surface area contributed by atoms with E-state index in [1.54, 1.807) is 42.8 Å². The van der Waals surface area contributed by atoms with Gasteiger partial charge in [0.2, 0.25) is 0 Å². The van der Waals surface area contributed by atoms with Crippen molar-refractivity contribution in [3.05, 3.63) is 64.6 Å². The number of allylic oxidation sites excluding steroid dienone is 1. The maximum atomic E-state index is 10.5. The summed E-state index contributed by atoms with van der Waals surface area (Å²) in [4.78, 5) is 10.0. The average Bonchev–Trinajstić information content (AvgIpc) is 2.92. The molecule has 0 fully saturated rings. The van der Waals surface area contributed by atoms with Crippen molar-refractivity contribution in [2.45, 2.75) is 0 Å². The molecule has 96 valence electrons. The van der Waals surface area contributed by atoms with Gasteiger partial charge in [0.25, 0.3) is 5.69 Å². The molecule has 19 heavy (non-hydrogen) atoms. The zero-order chi connectivity index (χ0) is 13.5. The van der Waals surface area contributed by atoms with Gasteiger partial charge < -0.3 is 4.42 Å². The van der Waals surface area contributed by atoms with Gasteiger partial charge in [0, 0.05) is 18.3 Å². The van der Waals surface area contributed by atoms with Crippen LogP contribution >= 0.6 is 0 Å². The highest BCUT2D eigenvalue weighted by molar-refractivity contribution is 5.78. The average molecular weight is 257 g/mol. The fourth-order valence-corrected chi connectivity index (χ4v) is 1.34. The molecule has 0 unspecified atom stereocenters. The molecule has 1 aromatic carbocycles. The first kappa shape index (κ1) is 12.6. The smallest absolute Gasteiger partial charge is 0.269 e. The Kier molecular flexibility index (Phi) is 4.07.